The predicted molar refractivity (Wildman–Crippen MR) is 143 cm³/mol. The molecule has 3 aliphatic carbocycles. The highest BCUT2D eigenvalue weighted by atomic mass is 19.4. The third kappa shape index (κ3) is 9.80. The minimum absolute atomic E-state index is 0.109. The maximum atomic E-state index is 13.7. The Morgan fingerprint density at radius 1 is 1.00 bits per heavy atom. The predicted octanol–water partition coefficient (Wildman–Crippen LogP) is 2.84. The van der Waals surface area contributed by atoms with Crippen LogP contribution in [0, 0.1) is 16.7 Å². The van der Waals surface area contributed by atoms with Gasteiger partial charge in [0, 0.05) is 24.4 Å². The standard InChI is InChI=1S/C28H40F6N4O6/c1-25(2,24(29)30)11-18(38-23(43)22(42)35-8-5-3-4-7-26-13-27(31,14-26)15-26)21(41)37-17(10-16-6-9-36-20(16)40)19(39)12-44-28(32,33)34/h16-18,24H,3-15H2,1-2H3,(H,35,42)(H,36,40)(H,37,41)(H,38,43)/t16-,17-,18-,26?,27?/m0/s1. The molecular formula is C28H40F6N4O6. The molecule has 44 heavy (non-hydrogen) atoms. The van der Waals surface area contributed by atoms with Gasteiger partial charge in [-0.05, 0) is 56.8 Å². The van der Waals surface area contributed by atoms with Crippen molar-refractivity contribution in [3.63, 3.8) is 0 Å². The average Bonchev–Trinajstić information content (AvgIpc) is 3.29. The summed E-state index contributed by atoms with van der Waals surface area (Å²) in [5, 5.41) is 9.15. The van der Waals surface area contributed by atoms with E-state index in [2.05, 4.69) is 26.0 Å². The number of hydrogen-bond acceptors (Lipinski definition) is 6. The Hall–Kier alpha value is -2.91. The van der Waals surface area contributed by atoms with Crippen molar-refractivity contribution in [3.8, 4) is 0 Å². The number of ether oxygens (including phenoxy) is 1. The van der Waals surface area contributed by atoms with Gasteiger partial charge in [-0.25, -0.2) is 13.2 Å². The normalized spacial score (nSPS) is 25.8. The number of hydrogen-bond donors (Lipinski definition) is 4. The second-order valence-electron chi connectivity index (χ2n) is 13.0. The zero-order valence-corrected chi connectivity index (χ0v) is 24.7. The van der Waals surface area contributed by atoms with E-state index in [0.717, 1.165) is 33.1 Å². The first-order valence-corrected chi connectivity index (χ1v) is 14.7. The van der Waals surface area contributed by atoms with Gasteiger partial charge in [0.05, 0.1) is 6.04 Å². The zero-order valence-electron chi connectivity index (χ0n) is 24.7. The van der Waals surface area contributed by atoms with Crippen LogP contribution in [0.2, 0.25) is 0 Å². The van der Waals surface area contributed by atoms with E-state index < -0.39 is 90.7 Å². The Bertz CT molecular complexity index is 1080. The summed E-state index contributed by atoms with van der Waals surface area (Å²) in [4.78, 5) is 62.8. The molecule has 0 aromatic heterocycles. The molecule has 0 aromatic rings. The van der Waals surface area contributed by atoms with Crippen LogP contribution in [-0.4, -0.2) is 79.6 Å². The molecule has 4 aliphatic rings. The summed E-state index contributed by atoms with van der Waals surface area (Å²) in [5.74, 6) is -6.19. The van der Waals surface area contributed by atoms with E-state index >= 15 is 0 Å². The van der Waals surface area contributed by atoms with E-state index in [-0.39, 0.29) is 24.9 Å². The Morgan fingerprint density at radius 3 is 2.20 bits per heavy atom. The molecule has 4 amide bonds. The van der Waals surface area contributed by atoms with Crippen molar-refractivity contribution < 1.29 is 55.1 Å². The molecule has 0 unspecified atom stereocenters. The van der Waals surface area contributed by atoms with Crippen LogP contribution in [0.1, 0.15) is 78.1 Å². The van der Waals surface area contributed by atoms with Crippen LogP contribution in [-0.2, 0) is 28.7 Å². The van der Waals surface area contributed by atoms with Gasteiger partial charge in [-0.3, -0.25) is 28.7 Å². The summed E-state index contributed by atoms with van der Waals surface area (Å²) < 4.78 is 82.2. The third-order valence-corrected chi connectivity index (χ3v) is 8.66. The van der Waals surface area contributed by atoms with Crippen molar-refractivity contribution in [2.45, 2.75) is 109 Å². The largest absolute Gasteiger partial charge is 0.522 e. The number of carbonyl (C=O) groups excluding carboxylic acids is 5. The second-order valence-corrected chi connectivity index (χ2v) is 13.0. The SMILES string of the molecule is CC(C)(C[C@H](NC(=O)C(=O)NCCCCCC12CC(F)(C1)C2)C(=O)N[C@@H](C[C@@H]1CCNC1=O)C(=O)COC(F)(F)F)C(F)F. The van der Waals surface area contributed by atoms with Crippen LogP contribution in [0.25, 0.3) is 0 Å². The molecule has 3 saturated carbocycles. The highest BCUT2D eigenvalue weighted by molar-refractivity contribution is 6.35. The number of nitrogens with one attached hydrogen (secondary N) is 4. The van der Waals surface area contributed by atoms with Gasteiger partial charge in [0.2, 0.25) is 18.2 Å². The maximum absolute atomic E-state index is 13.7. The summed E-state index contributed by atoms with van der Waals surface area (Å²) in [6.45, 7) is 1.09. The van der Waals surface area contributed by atoms with Gasteiger partial charge in [-0.15, -0.1) is 13.2 Å². The quantitative estimate of drug-likeness (QED) is 0.109. The first-order chi connectivity index (χ1) is 20.3. The Labute approximate surface area is 251 Å². The minimum atomic E-state index is -5.16. The monoisotopic (exact) mass is 642 g/mol. The lowest BCUT2D eigenvalue weighted by Crippen LogP contribution is -2.64. The van der Waals surface area contributed by atoms with Gasteiger partial charge in [0.25, 0.3) is 0 Å². The third-order valence-electron chi connectivity index (χ3n) is 8.66. The van der Waals surface area contributed by atoms with Gasteiger partial charge in [0.15, 0.2) is 5.78 Å². The van der Waals surface area contributed by atoms with Crippen molar-refractivity contribution in [2.24, 2.45) is 16.7 Å². The number of unbranched alkanes of at least 4 members (excludes halogenated alkanes) is 2. The van der Waals surface area contributed by atoms with Crippen molar-refractivity contribution in [1.29, 1.82) is 0 Å². The van der Waals surface area contributed by atoms with Crippen LogP contribution in [0.15, 0.2) is 0 Å². The van der Waals surface area contributed by atoms with Crippen molar-refractivity contribution in [1.82, 2.24) is 21.3 Å². The maximum Gasteiger partial charge on any atom is 0.522 e. The van der Waals surface area contributed by atoms with Crippen molar-refractivity contribution >= 4 is 29.4 Å². The Kier molecular flexibility index (Phi) is 11.3. The van der Waals surface area contributed by atoms with Crippen LogP contribution in [0.5, 0.6) is 0 Å². The van der Waals surface area contributed by atoms with Crippen LogP contribution in [0.4, 0.5) is 26.3 Å². The fourth-order valence-corrected chi connectivity index (χ4v) is 6.21. The smallest absolute Gasteiger partial charge is 0.356 e. The van der Waals surface area contributed by atoms with E-state index in [1.54, 1.807) is 0 Å². The molecule has 0 radical (unpaired) electrons. The lowest BCUT2D eigenvalue weighted by Gasteiger charge is -2.66. The molecule has 10 nitrogen and oxygen atoms in total. The molecule has 3 atom stereocenters. The zero-order chi connectivity index (χ0) is 32.9. The first-order valence-electron chi connectivity index (χ1n) is 14.7. The molecular weight excluding hydrogens is 602 g/mol. The molecule has 4 fully saturated rings. The van der Waals surface area contributed by atoms with Crippen LogP contribution < -0.4 is 21.3 Å². The number of halogens is 6. The molecule has 16 heteroatoms. The summed E-state index contributed by atoms with van der Waals surface area (Å²) in [6.07, 6.45) is -4.22. The van der Waals surface area contributed by atoms with Gasteiger partial charge >= 0.3 is 18.2 Å². The first kappa shape index (κ1) is 35.6. The summed E-state index contributed by atoms with van der Waals surface area (Å²) in [5.41, 5.74) is -2.72. The van der Waals surface area contributed by atoms with Crippen LogP contribution in [0.3, 0.4) is 0 Å². The van der Waals surface area contributed by atoms with Gasteiger partial charge in [-0.1, -0.05) is 26.7 Å². The minimum Gasteiger partial charge on any atom is -0.356 e. The summed E-state index contributed by atoms with van der Waals surface area (Å²) >= 11 is 0. The molecule has 4 rings (SSSR count). The molecule has 0 aromatic carbocycles. The van der Waals surface area contributed by atoms with Crippen molar-refractivity contribution in [3.05, 3.63) is 0 Å². The summed E-state index contributed by atoms with van der Waals surface area (Å²) in [6, 6.07) is -3.46. The number of ketones is 1. The number of Topliss-reactive ketones (excluding diaryl/α,β-unsaturated/α-hetero) is 1. The topological polar surface area (TPSA) is 143 Å². The van der Waals surface area contributed by atoms with Crippen LogP contribution >= 0.6 is 0 Å². The second kappa shape index (κ2) is 14.0. The molecule has 4 N–H and O–H groups in total. The van der Waals surface area contributed by atoms with Crippen molar-refractivity contribution in [2.75, 3.05) is 19.7 Å². The molecule has 1 saturated heterocycles. The van der Waals surface area contributed by atoms with Gasteiger partial charge in [0.1, 0.15) is 18.3 Å². The number of carbonyl (C=O) groups is 5. The molecule has 2 bridgehead atoms. The molecule has 250 valence electrons. The Morgan fingerprint density at radius 2 is 1.66 bits per heavy atom. The summed E-state index contributed by atoms with van der Waals surface area (Å²) in [7, 11) is 0. The fraction of sp³-hybridized carbons (Fsp3) is 0.821. The van der Waals surface area contributed by atoms with Gasteiger partial charge in [-0.2, -0.15) is 0 Å². The van der Waals surface area contributed by atoms with E-state index in [1.165, 1.54) is 0 Å². The molecule has 1 heterocycles. The number of alkyl halides is 6. The molecule has 1 aliphatic heterocycles. The van der Waals surface area contributed by atoms with Gasteiger partial charge < -0.3 is 21.3 Å². The Balaban J connectivity index is 1.57. The molecule has 0 spiro atoms. The van der Waals surface area contributed by atoms with E-state index in [4.69, 9.17) is 0 Å². The lowest BCUT2D eigenvalue weighted by atomic mass is 9.41. The fourth-order valence-electron chi connectivity index (χ4n) is 6.21. The van der Waals surface area contributed by atoms with E-state index in [9.17, 15) is 50.3 Å². The number of rotatable bonds is 17. The van der Waals surface area contributed by atoms with E-state index in [1.807, 2.05) is 0 Å². The lowest BCUT2D eigenvalue weighted by molar-refractivity contribution is -0.321. The highest BCUT2D eigenvalue weighted by Gasteiger charge is 2.68. The number of amides is 4. The van der Waals surface area contributed by atoms with E-state index in [0.29, 0.717) is 25.7 Å². The highest BCUT2D eigenvalue weighted by Crippen LogP contribution is 2.71. The average molecular weight is 643 g/mol.